The molecule has 2 N–H and O–H groups in total. The summed E-state index contributed by atoms with van der Waals surface area (Å²) < 4.78 is 2.42. The van der Waals surface area contributed by atoms with Gasteiger partial charge < -0.3 is 10.6 Å². The zero-order chi connectivity index (χ0) is 18.8. The van der Waals surface area contributed by atoms with Gasteiger partial charge in [0.15, 0.2) is 0 Å². The second kappa shape index (κ2) is 7.32. The average molecular weight is 426 g/mol. The van der Waals surface area contributed by atoms with Crippen LogP contribution in [0.1, 0.15) is 23.2 Å². The van der Waals surface area contributed by atoms with Crippen molar-refractivity contribution in [3.05, 3.63) is 65.2 Å². The van der Waals surface area contributed by atoms with Gasteiger partial charge in [0.2, 0.25) is 5.91 Å². The minimum atomic E-state index is -0.255. The Morgan fingerprint density at radius 1 is 1.07 bits per heavy atom. The van der Waals surface area contributed by atoms with Crippen LogP contribution in [0.3, 0.4) is 0 Å². The van der Waals surface area contributed by atoms with Gasteiger partial charge in [0.05, 0.1) is 11.4 Å². The van der Waals surface area contributed by atoms with Crippen molar-refractivity contribution in [3.63, 3.8) is 0 Å². The quantitative estimate of drug-likeness (QED) is 0.652. The summed E-state index contributed by atoms with van der Waals surface area (Å²) in [5.41, 5.74) is 2.49. The van der Waals surface area contributed by atoms with Crippen LogP contribution in [-0.4, -0.2) is 26.6 Å². The lowest BCUT2D eigenvalue weighted by atomic mass is 10.1. The van der Waals surface area contributed by atoms with E-state index in [9.17, 15) is 9.59 Å². The molecule has 2 aromatic carbocycles. The smallest absolute Gasteiger partial charge is 0.255 e. The lowest BCUT2D eigenvalue weighted by Crippen LogP contribution is -2.15. The van der Waals surface area contributed by atoms with Crippen LogP contribution in [0.25, 0.3) is 5.69 Å². The molecular formula is C19H16BrN5O2. The highest BCUT2D eigenvalue weighted by atomic mass is 79.9. The van der Waals surface area contributed by atoms with Crippen molar-refractivity contribution in [1.82, 2.24) is 14.8 Å². The third kappa shape index (κ3) is 4.06. The molecule has 27 heavy (non-hydrogen) atoms. The summed E-state index contributed by atoms with van der Waals surface area (Å²) in [5, 5.41) is 9.87. The topological polar surface area (TPSA) is 88.9 Å². The first-order valence-electron chi connectivity index (χ1n) is 8.47. The number of nitrogens with one attached hydrogen (secondary N) is 2. The van der Waals surface area contributed by atoms with Crippen LogP contribution >= 0.6 is 15.9 Å². The van der Waals surface area contributed by atoms with Crippen molar-refractivity contribution in [1.29, 1.82) is 0 Å². The van der Waals surface area contributed by atoms with Gasteiger partial charge in [-0.3, -0.25) is 9.59 Å². The van der Waals surface area contributed by atoms with Crippen LogP contribution < -0.4 is 10.6 Å². The molecule has 0 atom stereocenters. The van der Waals surface area contributed by atoms with E-state index in [-0.39, 0.29) is 17.7 Å². The van der Waals surface area contributed by atoms with E-state index in [4.69, 9.17) is 0 Å². The fourth-order valence-corrected chi connectivity index (χ4v) is 2.99. The number of rotatable bonds is 5. The van der Waals surface area contributed by atoms with E-state index in [1.54, 1.807) is 41.3 Å². The predicted octanol–water partition coefficient (Wildman–Crippen LogP) is 3.63. The summed E-state index contributed by atoms with van der Waals surface area (Å²) in [5.74, 6) is -0.0759. The standard InChI is InChI=1S/C19H16BrN5O2/c20-14-5-8-17(25-11-21-10-22-25)16(9-14)24-19(27)13-3-6-15(7-4-13)23-18(26)12-1-2-12/h3-12H,1-2H2,(H,23,26)(H,24,27). The molecule has 136 valence electrons. The number of aromatic nitrogens is 3. The second-order valence-electron chi connectivity index (χ2n) is 6.30. The molecule has 8 heteroatoms. The number of amides is 2. The normalized spacial score (nSPS) is 13.2. The predicted molar refractivity (Wildman–Crippen MR) is 105 cm³/mol. The highest BCUT2D eigenvalue weighted by molar-refractivity contribution is 9.10. The van der Waals surface area contributed by atoms with Gasteiger partial charge in [-0.25, -0.2) is 9.67 Å². The molecule has 0 bridgehead atoms. The molecule has 1 aliphatic rings. The Balaban J connectivity index is 1.50. The maximum absolute atomic E-state index is 12.6. The Morgan fingerprint density at radius 2 is 1.85 bits per heavy atom. The molecule has 1 heterocycles. The molecule has 0 saturated heterocycles. The van der Waals surface area contributed by atoms with Crippen molar-refractivity contribution in [2.24, 2.45) is 5.92 Å². The Hall–Kier alpha value is -3.00. The first kappa shape index (κ1) is 17.4. The van der Waals surface area contributed by atoms with Gasteiger partial charge in [-0.2, -0.15) is 5.10 Å². The van der Waals surface area contributed by atoms with E-state index in [0.29, 0.717) is 22.6 Å². The molecule has 1 aromatic heterocycles. The SMILES string of the molecule is O=C(Nc1cc(Br)ccc1-n1cncn1)c1ccc(NC(=O)C2CC2)cc1. The van der Waals surface area contributed by atoms with Crippen molar-refractivity contribution in [3.8, 4) is 5.69 Å². The molecule has 0 unspecified atom stereocenters. The van der Waals surface area contributed by atoms with Gasteiger partial charge in [0.1, 0.15) is 12.7 Å². The maximum Gasteiger partial charge on any atom is 0.255 e. The fraction of sp³-hybridized carbons (Fsp3) is 0.158. The number of halogens is 1. The largest absolute Gasteiger partial charge is 0.326 e. The van der Waals surface area contributed by atoms with Crippen LogP contribution in [-0.2, 0) is 4.79 Å². The molecular weight excluding hydrogens is 410 g/mol. The van der Waals surface area contributed by atoms with Crippen molar-refractivity contribution >= 4 is 39.1 Å². The third-order valence-electron chi connectivity index (χ3n) is 4.24. The monoisotopic (exact) mass is 425 g/mol. The van der Waals surface area contributed by atoms with Crippen LogP contribution in [0.2, 0.25) is 0 Å². The highest BCUT2D eigenvalue weighted by Gasteiger charge is 2.29. The lowest BCUT2D eigenvalue weighted by molar-refractivity contribution is -0.117. The summed E-state index contributed by atoms with van der Waals surface area (Å²) >= 11 is 3.42. The van der Waals surface area contributed by atoms with E-state index in [1.807, 2.05) is 12.1 Å². The summed E-state index contributed by atoms with van der Waals surface area (Å²) in [6, 6.07) is 12.3. The number of carbonyl (C=O) groups excluding carboxylic acids is 2. The molecule has 0 spiro atoms. The van der Waals surface area contributed by atoms with E-state index in [1.165, 1.54) is 6.33 Å². The van der Waals surface area contributed by atoms with Gasteiger partial charge in [0.25, 0.3) is 5.91 Å². The van der Waals surface area contributed by atoms with E-state index in [0.717, 1.165) is 17.3 Å². The lowest BCUT2D eigenvalue weighted by Gasteiger charge is -2.12. The first-order chi connectivity index (χ1) is 13.1. The number of benzene rings is 2. The molecule has 7 nitrogen and oxygen atoms in total. The van der Waals surface area contributed by atoms with Crippen molar-refractivity contribution < 1.29 is 9.59 Å². The fourth-order valence-electron chi connectivity index (χ4n) is 2.63. The number of hydrogen-bond acceptors (Lipinski definition) is 4. The molecule has 2 amide bonds. The zero-order valence-electron chi connectivity index (χ0n) is 14.2. The molecule has 3 aromatic rings. The molecule has 1 fully saturated rings. The summed E-state index contributed by atoms with van der Waals surface area (Å²) in [6.07, 6.45) is 4.90. The van der Waals surface area contributed by atoms with Gasteiger partial charge in [-0.15, -0.1) is 0 Å². The second-order valence-corrected chi connectivity index (χ2v) is 7.21. The number of carbonyl (C=O) groups is 2. The zero-order valence-corrected chi connectivity index (χ0v) is 15.8. The van der Waals surface area contributed by atoms with Crippen LogP contribution in [0, 0.1) is 5.92 Å². The molecule has 0 radical (unpaired) electrons. The molecule has 4 rings (SSSR count). The summed E-state index contributed by atoms with van der Waals surface area (Å²) in [7, 11) is 0. The van der Waals surface area contributed by atoms with Gasteiger partial charge in [-0.05, 0) is 55.3 Å². The summed E-state index contributed by atoms with van der Waals surface area (Å²) in [4.78, 5) is 28.4. The van der Waals surface area contributed by atoms with Crippen LogP contribution in [0.4, 0.5) is 11.4 Å². The summed E-state index contributed by atoms with van der Waals surface area (Å²) in [6.45, 7) is 0. The van der Waals surface area contributed by atoms with Gasteiger partial charge >= 0.3 is 0 Å². The number of anilines is 2. The minimum absolute atomic E-state index is 0.0406. The van der Waals surface area contributed by atoms with Crippen LogP contribution in [0.5, 0.6) is 0 Å². The van der Waals surface area contributed by atoms with E-state index in [2.05, 4.69) is 36.6 Å². The Morgan fingerprint density at radius 3 is 2.52 bits per heavy atom. The van der Waals surface area contributed by atoms with E-state index >= 15 is 0 Å². The van der Waals surface area contributed by atoms with Gasteiger partial charge in [-0.1, -0.05) is 15.9 Å². The van der Waals surface area contributed by atoms with Crippen molar-refractivity contribution in [2.75, 3.05) is 10.6 Å². The first-order valence-corrected chi connectivity index (χ1v) is 9.26. The maximum atomic E-state index is 12.6. The average Bonchev–Trinajstić information content (AvgIpc) is 3.38. The number of nitrogens with zero attached hydrogens (tertiary/aromatic N) is 3. The molecule has 1 aliphatic carbocycles. The molecule has 0 aliphatic heterocycles. The van der Waals surface area contributed by atoms with E-state index < -0.39 is 0 Å². The number of hydrogen-bond donors (Lipinski definition) is 2. The minimum Gasteiger partial charge on any atom is -0.326 e. The third-order valence-corrected chi connectivity index (χ3v) is 4.73. The van der Waals surface area contributed by atoms with Crippen molar-refractivity contribution in [2.45, 2.75) is 12.8 Å². The molecule has 1 saturated carbocycles. The van der Waals surface area contributed by atoms with Gasteiger partial charge in [0, 0.05) is 21.6 Å². The van der Waals surface area contributed by atoms with Crippen LogP contribution in [0.15, 0.2) is 59.6 Å². The Kier molecular flexibility index (Phi) is 4.72. The Labute approximate surface area is 163 Å². The Bertz CT molecular complexity index is 982. The highest BCUT2D eigenvalue weighted by Crippen LogP contribution is 2.30.